The molecule has 0 saturated carbocycles. The maximum atomic E-state index is 13.3. The lowest BCUT2D eigenvalue weighted by Crippen LogP contribution is -2.20. The molecule has 3 nitrogen and oxygen atoms in total. The Morgan fingerprint density at radius 3 is 2.56 bits per heavy atom. The summed E-state index contributed by atoms with van der Waals surface area (Å²) in [7, 11) is 0. The second-order valence-corrected chi connectivity index (χ2v) is 4.58. The standard InChI is InChI=1S/C14H18FNO2/c1-3-5-11(6-4-2)16-12-9-10(15)7-8-13(12)18-14(16)17/h7-9,11H,3-6H2,1-2H3. The fraction of sp³-hybridized carbons (Fsp3) is 0.500. The van der Waals surface area contributed by atoms with Crippen molar-refractivity contribution in [3.8, 4) is 0 Å². The quantitative estimate of drug-likeness (QED) is 0.808. The summed E-state index contributed by atoms with van der Waals surface area (Å²) in [6.07, 6.45) is 3.77. The lowest BCUT2D eigenvalue weighted by atomic mass is 10.1. The fourth-order valence-corrected chi connectivity index (χ4v) is 2.42. The number of halogens is 1. The number of aromatic nitrogens is 1. The van der Waals surface area contributed by atoms with Gasteiger partial charge in [0.25, 0.3) is 0 Å². The second kappa shape index (κ2) is 5.38. The van der Waals surface area contributed by atoms with Crippen LogP contribution in [0.4, 0.5) is 4.39 Å². The van der Waals surface area contributed by atoms with Gasteiger partial charge < -0.3 is 4.42 Å². The molecule has 2 rings (SSSR count). The lowest BCUT2D eigenvalue weighted by molar-refractivity contribution is 0.392. The average molecular weight is 251 g/mol. The van der Waals surface area contributed by atoms with Crippen LogP contribution >= 0.6 is 0 Å². The van der Waals surface area contributed by atoms with Gasteiger partial charge in [0.05, 0.1) is 5.52 Å². The molecule has 0 saturated heterocycles. The van der Waals surface area contributed by atoms with Crippen LogP contribution in [0.1, 0.15) is 45.6 Å². The molecular formula is C14H18FNO2. The van der Waals surface area contributed by atoms with E-state index in [1.807, 2.05) is 0 Å². The van der Waals surface area contributed by atoms with Crippen molar-refractivity contribution in [1.82, 2.24) is 4.57 Å². The molecule has 0 aliphatic rings. The van der Waals surface area contributed by atoms with Crippen LogP contribution in [0.3, 0.4) is 0 Å². The number of nitrogens with zero attached hydrogens (tertiary/aromatic N) is 1. The molecule has 0 unspecified atom stereocenters. The first-order valence-electron chi connectivity index (χ1n) is 6.48. The molecule has 0 aliphatic heterocycles. The van der Waals surface area contributed by atoms with Crippen molar-refractivity contribution in [1.29, 1.82) is 0 Å². The Morgan fingerprint density at radius 1 is 1.28 bits per heavy atom. The van der Waals surface area contributed by atoms with Gasteiger partial charge in [0.15, 0.2) is 5.58 Å². The van der Waals surface area contributed by atoms with E-state index in [2.05, 4.69) is 13.8 Å². The van der Waals surface area contributed by atoms with Gasteiger partial charge in [-0.2, -0.15) is 0 Å². The number of hydrogen-bond donors (Lipinski definition) is 0. The summed E-state index contributed by atoms with van der Waals surface area (Å²) in [6, 6.07) is 4.29. The molecule has 0 bridgehead atoms. The predicted octanol–water partition coefficient (Wildman–Crippen LogP) is 3.87. The molecule has 0 radical (unpaired) electrons. The van der Waals surface area contributed by atoms with Gasteiger partial charge in [0, 0.05) is 12.1 Å². The van der Waals surface area contributed by atoms with E-state index in [-0.39, 0.29) is 17.6 Å². The zero-order chi connectivity index (χ0) is 13.1. The minimum Gasteiger partial charge on any atom is -0.408 e. The number of rotatable bonds is 5. The first-order valence-corrected chi connectivity index (χ1v) is 6.48. The second-order valence-electron chi connectivity index (χ2n) is 4.58. The minimum atomic E-state index is -0.387. The molecule has 0 N–H and O–H groups in total. The van der Waals surface area contributed by atoms with E-state index in [0.717, 1.165) is 25.7 Å². The van der Waals surface area contributed by atoms with Crippen LogP contribution in [0, 0.1) is 5.82 Å². The van der Waals surface area contributed by atoms with Gasteiger partial charge in [-0.25, -0.2) is 9.18 Å². The first kappa shape index (κ1) is 12.9. The van der Waals surface area contributed by atoms with Gasteiger partial charge in [-0.1, -0.05) is 26.7 Å². The highest BCUT2D eigenvalue weighted by molar-refractivity contribution is 5.72. The van der Waals surface area contributed by atoms with E-state index in [0.29, 0.717) is 11.1 Å². The number of hydrogen-bond acceptors (Lipinski definition) is 2. The van der Waals surface area contributed by atoms with Crippen molar-refractivity contribution >= 4 is 11.1 Å². The van der Waals surface area contributed by atoms with Crippen LogP contribution < -0.4 is 5.76 Å². The van der Waals surface area contributed by atoms with Crippen molar-refractivity contribution < 1.29 is 8.81 Å². The minimum absolute atomic E-state index is 0.0931. The number of fused-ring (bicyclic) bond motifs is 1. The summed E-state index contributed by atoms with van der Waals surface area (Å²) in [4.78, 5) is 11.9. The molecule has 0 atom stereocenters. The topological polar surface area (TPSA) is 35.1 Å². The van der Waals surface area contributed by atoms with Gasteiger partial charge in [0.2, 0.25) is 0 Å². The largest absolute Gasteiger partial charge is 0.420 e. The van der Waals surface area contributed by atoms with E-state index in [4.69, 9.17) is 4.42 Å². The summed E-state index contributed by atoms with van der Waals surface area (Å²) in [5, 5.41) is 0. The van der Waals surface area contributed by atoms with Gasteiger partial charge in [-0.15, -0.1) is 0 Å². The van der Waals surface area contributed by atoms with Crippen LogP contribution in [0.15, 0.2) is 27.4 Å². The Balaban J connectivity index is 2.56. The van der Waals surface area contributed by atoms with E-state index in [9.17, 15) is 9.18 Å². The van der Waals surface area contributed by atoms with Crippen molar-refractivity contribution in [2.75, 3.05) is 0 Å². The zero-order valence-corrected chi connectivity index (χ0v) is 10.8. The Bertz CT molecular complexity index is 579. The molecule has 98 valence electrons. The van der Waals surface area contributed by atoms with E-state index < -0.39 is 0 Å². The fourth-order valence-electron chi connectivity index (χ4n) is 2.42. The molecule has 4 heteroatoms. The summed E-state index contributed by atoms with van der Waals surface area (Å²) < 4.78 is 20.1. The highest BCUT2D eigenvalue weighted by Crippen LogP contribution is 2.24. The van der Waals surface area contributed by atoms with Crippen LogP contribution in [0.2, 0.25) is 0 Å². The zero-order valence-electron chi connectivity index (χ0n) is 10.8. The maximum Gasteiger partial charge on any atom is 0.420 e. The van der Waals surface area contributed by atoms with Crippen LogP contribution in [0.5, 0.6) is 0 Å². The first-order chi connectivity index (χ1) is 8.67. The highest BCUT2D eigenvalue weighted by atomic mass is 19.1. The molecule has 1 aromatic carbocycles. The number of oxazole rings is 1. The molecule has 18 heavy (non-hydrogen) atoms. The third-order valence-corrected chi connectivity index (χ3v) is 3.18. The van der Waals surface area contributed by atoms with Crippen LogP contribution in [-0.2, 0) is 0 Å². The maximum absolute atomic E-state index is 13.3. The van der Waals surface area contributed by atoms with Gasteiger partial charge in [0.1, 0.15) is 5.82 Å². The van der Waals surface area contributed by atoms with Gasteiger partial charge in [-0.3, -0.25) is 4.57 Å². The van der Waals surface area contributed by atoms with Gasteiger partial charge in [-0.05, 0) is 25.0 Å². The highest BCUT2D eigenvalue weighted by Gasteiger charge is 2.17. The SMILES string of the molecule is CCCC(CCC)n1c(=O)oc2ccc(F)cc21. The van der Waals surface area contributed by atoms with E-state index in [1.54, 1.807) is 4.57 Å². The van der Waals surface area contributed by atoms with E-state index >= 15 is 0 Å². The summed E-state index contributed by atoms with van der Waals surface area (Å²) in [6.45, 7) is 4.16. The Morgan fingerprint density at radius 2 is 1.94 bits per heavy atom. The molecule has 0 spiro atoms. The number of benzene rings is 1. The third kappa shape index (κ3) is 2.33. The van der Waals surface area contributed by atoms with Crippen molar-refractivity contribution in [2.24, 2.45) is 0 Å². The lowest BCUT2D eigenvalue weighted by Gasteiger charge is -2.16. The smallest absolute Gasteiger partial charge is 0.408 e. The normalized spacial score (nSPS) is 11.6. The molecular weight excluding hydrogens is 233 g/mol. The average Bonchev–Trinajstić information content (AvgIpc) is 2.64. The van der Waals surface area contributed by atoms with Crippen molar-refractivity contribution in [3.05, 3.63) is 34.6 Å². The molecule has 1 heterocycles. The third-order valence-electron chi connectivity index (χ3n) is 3.18. The molecule has 0 amide bonds. The van der Waals surface area contributed by atoms with Crippen molar-refractivity contribution in [2.45, 2.75) is 45.6 Å². The molecule has 1 aromatic heterocycles. The predicted molar refractivity (Wildman–Crippen MR) is 69.3 cm³/mol. The van der Waals surface area contributed by atoms with Crippen LogP contribution in [-0.4, -0.2) is 4.57 Å². The monoisotopic (exact) mass is 251 g/mol. The van der Waals surface area contributed by atoms with Crippen LogP contribution in [0.25, 0.3) is 11.1 Å². The Hall–Kier alpha value is -1.58. The Labute approximate surface area is 105 Å². The molecule has 2 aromatic rings. The Kier molecular flexibility index (Phi) is 3.84. The summed E-state index contributed by atoms with van der Waals surface area (Å²) in [5.74, 6) is -0.730. The van der Waals surface area contributed by atoms with Crippen molar-refractivity contribution in [3.63, 3.8) is 0 Å². The molecule has 0 aliphatic carbocycles. The molecule has 0 fully saturated rings. The van der Waals surface area contributed by atoms with Gasteiger partial charge >= 0.3 is 5.76 Å². The summed E-state index contributed by atoms with van der Waals surface area (Å²) in [5.41, 5.74) is 1.02. The summed E-state index contributed by atoms with van der Waals surface area (Å²) >= 11 is 0. The van der Waals surface area contributed by atoms with E-state index in [1.165, 1.54) is 18.2 Å².